The Morgan fingerprint density at radius 2 is 2.05 bits per heavy atom. The van der Waals surface area contributed by atoms with Gasteiger partial charge in [-0.1, -0.05) is 35.3 Å². The van der Waals surface area contributed by atoms with E-state index in [1.165, 1.54) is 18.4 Å². The second kappa shape index (κ2) is 7.63. The lowest BCUT2D eigenvalue weighted by molar-refractivity contribution is -0.141. The van der Waals surface area contributed by atoms with Crippen LogP contribution in [0.25, 0.3) is 0 Å². The quantitative estimate of drug-likeness (QED) is 0.819. The summed E-state index contributed by atoms with van der Waals surface area (Å²) in [5.41, 5.74) is 0.264. The number of nitrogens with one attached hydrogen (secondary N) is 1. The number of carbonyl (C=O) groups is 2. The highest BCUT2D eigenvalue weighted by atomic mass is 35.5. The van der Waals surface area contributed by atoms with Gasteiger partial charge in [0.1, 0.15) is 0 Å². The Labute approximate surface area is 142 Å². The molecule has 0 fully saturated rings. The highest BCUT2D eigenvalue weighted by Gasteiger charge is 2.22. The third-order valence-electron chi connectivity index (χ3n) is 2.99. The zero-order valence-electron chi connectivity index (χ0n) is 11.6. The fraction of sp³-hybridized carbons (Fsp3) is 0.200. The second-order valence-corrected chi connectivity index (χ2v) is 6.19. The van der Waals surface area contributed by atoms with Crippen molar-refractivity contribution in [3.63, 3.8) is 0 Å². The molecule has 1 amide bonds. The summed E-state index contributed by atoms with van der Waals surface area (Å²) < 4.78 is 4.68. The highest BCUT2D eigenvalue weighted by Crippen LogP contribution is 2.27. The predicted octanol–water partition coefficient (Wildman–Crippen LogP) is 4.09. The molecule has 2 rings (SSSR count). The Morgan fingerprint density at radius 3 is 2.68 bits per heavy atom. The Hall–Kier alpha value is -1.56. The Morgan fingerprint density at radius 1 is 1.27 bits per heavy atom. The number of hydrogen-bond donors (Lipinski definition) is 1. The van der Waals surface area contributed by atoms with Crippen LogP contribution in [0.15, 0.2) is 35.7 Å². The van der Waals surface area contributed by atoms with Crippen molar-refractivity contribution in [1.82, 2.24) is 5.32 Å². The van der Waals surface area contributed by atoms with E-state index in [1.54, 1.807) is 18.2 Å². The monoisotopic (exact) mass is 357 g/mol. The lowest BCUT2D eigenvalue weighted by atomic mass is 10.1. The normalized spacial score (nSPS) is 11.8. The summed E-state index contributed by atoms with van der Waals surface area (Å²) >= 11 is 13.4. The molecule has 1 N–H and O–H groups in total. The largest absolute Gasteiger partial charge is 0.469 e. The van der Waals surface area contributed by atoms with Gasteiger partial charge in [0.05, 0.1) is 35.2 Å². The molecule has 0 bridgehead atoms. The van der Waals surface area contributed by atoms with Crippen molar-refractivity contribution in [2.45, 2.75) is 12.5 Å². The maximum atomic E-state index is 12.4. The third-order valence-corrected chi connectivity index (χ3v) is 4.79. The number of rotatable bonds is 5. The Balaban J connectivity index is 2.21. The van der Waals surface area contributed by atoms with E-state index in [9.17, 15) is 9.59 Å². The van der Waals surface area contributed by atoms with Gasteiger partial charge in [0.15, 0.2) is 0 Å². The van der Waals surface area contributed by atoms with E-state index in [0.29, 0.717) is 5.02 Å². The predicted molar refractivity (Wildman–Crippen MR) is 87.6 cm³/mol. The van der Waals surface area contributed by atoms with Crippen molar-refractivity contribution in [2.24, 2.45) is 0 Å². The van der Waals surface area contributed by atoms with Crippen LogP contribution in [0.4, 0.5) is 0 Å². The van der Waals surface area contributed by atoms with Crippen LogP contribution >= 0.6 is 34.5 Å². The van der Waals surface area contributed by atoms with Gasteiger partial charge in [0.2, 0.25) is 0 Å². The van der Waals surface area contributed by atoms with Gasteiger partial charge in [-0.25, -0.2) is 0 Å². The zero-order valence-corrected chi connectivity index (χ0v) is 14.0. The molecule has 2 aromatic rings. The molecule has 0 radical (unpaired) electrons. The lowest BCUT2D eigenvalue weighted by Crippen LogP contribution is -2.30. The standard InChI is InChI=1S/C15H13Cl2NO3S/c1-21-13(19)8-11(12-6-3-7-22-12)18-15(20)9-4-2-5-10(16)14(9)17/h2-7,11H,8H2,1H3,(H,18,20)/t11-/m1/s1. The van der Waals surface area contributed by atoms with Gasteiger partial charge in [-0.15, -0.1) is 11.3 Å². The summed E-state index contributed by atoms with van der Waals surface area (Å²) in [7, 11) is 1.31. The van der Waals surface area contributed by atoms with Crippen LogP contribution in [-0.4, -0.2) is 19.0 Å². The molecular weight excluding hydrogens is 345 g/mol. The zero-order chi connectivity index (χ0) is 16.1. The van der Waals surface area contributed by atoms with E-state index in [-0.39, 0.29) is 17.0 Å². The average molecular weight is 358 g/mol. The number of hydrogen-bond acceptors (Lipinski definition) is 4. The molecule has 0 saturated heterocycles. The molecule has 116 valence electrons. The minimum absolute atomic E-state index is 0.0426. The van der Waals surface area contributed by atoms with Crippen molar-refractivity contribution >= 4 is 46.4 Å². The first kappa shape index (κ1) is 16.8. The van der Waals surface area contributed by atoms with Crippen LogP contribution < -0.4 is 5.32 Å². The highest BCUT2D eigenvalue weighted by molar-refractivity contribution is 7.10. The summed E-state index contributed by atoms with van der Waals surface area (Å²) in [4.78, 5) is 24.8. The van der Waals surface area contributed by atoms with E-state index in [1.807, 2.05) is 17.5 Å². The van der Waals surface area contributed by atoms with E-state index in [4.69, 9.17) is 23.2 Å². The van der Waals surface area contributed by atoms with Gasteiger partial charge >= 0.3 is 5.97 Å². The first-order valence-corrected chi connectivity index (χ1v) is 8.01. The second-order valence-electron chi connectivity index (χ2n) is 4.42. The Bertz CT molecular complexity index is 673. The first-order chi connectivity index (χ1) is 10.5. The van der Waals surface area contributed by atoms with Gasteiger partial charge in [-0.3, -0.25) is 9.59 Å². The van der Waals surface area contributed by atoms with Gasteiger partial charge in [0, 0.05) is 4.88 Å². The summed E-state index contributed by atoms with van der Waals surface area (Å²) in [6.07, 6.45) is 0.0426. The first-order valence-electron chi connectivity index (χ1n) is 6.38. The van der Waals surface area contributed by atoms with Gasteiger partial charge in [-0.05, 0) is 23.6 Å². The van der Waals surface area contributed by atoms with Crippen LogP contribution in [0.3, 0.4) is 0 Å². The van der Waals surface area contributed by atoms with Crippen LogP contribution in [0.1, 0.15) is 27.7 Å². The molecule has 4 nitrogen and oxygen atoms in total. The molecule has 1 atom stereocenters. The number of halogens is 2. The average Bonchev–Trinajstić information content (AvgIpc) is 3.03. The summed E-state index contributed by atoms with van der Waals surface area (Å²) in [5.74, 6) is -0.800. The van der Waals surface area contributed by atoms with Crippen molar-refractivity contribution in [3.05, 3.63) is 56.2 Å². The molecule has 0 aliphatic carbocycles. The van der Waals surface area contributed by atoms with Crippen molar-refractivity contribution in [2.75, 3.05) is 7.11 Å². The number of ether oxygens (including phenoxy) is 1. The van der Waals surface area contributed by atoms with E-state index in [2.05, 4.69) is 10.1 Å². The Kier molecular flexibility index (Phi) is 5.83. The van der Waals surface area contributed by atoms with Gasteiger partial charge in [0.25, 0.3) is 5.91 Å². The van der Waals surface area contributed by atoms with Crippen molar-refractivity contribution in [1.29, 1.82) is 0 Å². The number of esters is 1. The molecule has 1 heterocycles. The van der Waals surface area contributed by atoms with Gasteiger partial charge < -0.3 is 10.1 Å². The maximum absolute atomic E-state index is 12.4. The fourth-order valence-electron chi connectivity index (χ4n) is 1.88. The summed E-state index contributed by atoms with van der Waals surface area (Å²) in [5, 5.41) is 5.16. The number of amides is 1. The smallest absolute Gasteiger partial charge is 0.307 e. The molecule has 1 aromatic carbocycles. The third kappa shape index (κ3) is 4.00. The van der Waals surface area contributed by atoms with Crippen molar-refractivity contribution < 1.29 is 14.3 Å². The van der Waals surface area contributed by atoms with Crippen LogP contribution in [0.5, 0.6) is 0 Å². The van der Waals surface area contributed by atoms with Crippen LogP contribution in [0, 0.1) is 0 Å². The molecule has 7 heteroatoms. The van der Waals surface area contributed by atoms with E-state index in [0.717, 1.165) is 4.88 Å². The SMILES string of the molecule is COC(=O)C[C@@H](NC(=O)c1cccc(Cl)c1Cl)c1cccs1. The molecule has 0 aliphatic rings. The topological polar surface area (TPSA) is 55.4 Å². The minimum atomic E-state index is -0.477. The lowest BCUT2D eigenvalue weighted by Gasteiger charge is -2.17. The fourth-order valence-corrected chi connectivity index (χ4v) is 3.04. The molecule has 0 saturated carbocycles. The van der Waals surface area contributed by atoms with E-state index < -0.39 is 17.9 Å². The minimum Gasteiger partial charge on any atom is -0.469 e. The summed E-state index contributed by atoms with van der Waals surface area (Å²) in [6.45, 7) is 0. The van der Waals surface area contributed by atoms with E-state index >= 15 is 0 Å². The molecule has 22 heavy (non-hydrogen) atoms. The number of methoxy groups -OCH3 is 1. The molecule has 0 aliphatic heterocycles. The molecule has 1 aromatic heterocycles. The molecular formula is C15H13Cl2NO3S. The molecule has 0 spiro atoms. The maximum Gasteiger partial charge on any atom is 0.307 e. The van der Waals surface area contributed by atoms with Gasteiger partial charge in [-0.2, -0.15) is 0 Å². The number of benzene rings is 1. The summed E-state index contributed by atoms with van der Waals surface area (Å²) in [6, 6.07) is 8.04. The number of carbonyl (C=O) groups excluding carboxylic acids is 2. The van der Waals surface area contributed by atoms with Crippen LogP contribution in [-0.2, 0) is 9.53 Å². The van der Waals surface area contributed by atoms with Crippen LogP contribution in [0.2, 0.25) is 10.0 Å². The number of thiophene rings is 1. The molecule has 0 unspecified atom stereocenters. The van der Waals surface area contributed by atoms with Crippen molar-refractivity contribution in [3.8, 4) is 0 Å².